The summed E-state index contributed by atoms with van der Waals surface area (Å²) in [5.41, 5.74) is 2.29. The fraction of sp³-hybridized carbons (Fsp3) is 0.522. The third-order valence-corrected chi connectivity index (χ3v) is 5.41. The van der Waals surface area contributed by atoms with E-state index in [2.05, 4.69) is 57.2 Å². The molecule has 0 spiro atoms. The lowest BCUT2D eigenvalue weighted by molar-refractivity contribution is -0.125. The molecule has 0 saturated heterocycles. The van der Waals surface area contributed by atoms with E-state index in [4.69, 9.17) is 0 Å². The summed E-state index contributed by atoms with van der Waals surface area (Å²) in [4.78, 5) is 16.9. The van der Waals surface area contributed by atoms with Gasteiger partial charge in [0.2, 0.25) is 5.91 Å². The highest BCUT2D eigenvalue weighted by atomic mass is 16.1. The molecule has 1 heterocycles. The lowest BCUT2D eigenvalue weighted by atomic mass is 9.89. The molecule has 7 nitrogen and oxygen atoms in total. The number of aliphatic imine (C=N–C) groups is 1. The molecule has 0 aliphatic heterocycles. The largest absolute Gasteiger partial charge is 0.357 e. The van der Waals surface area contributed by atoms with Crippen LogP contribution in [-0.2, 0) is 11.2 Å². The second-order valence-corrected chi connectivity index (χ2v) is 7.68. The molecule has 1 aromatic heterocycles. The number of carbonyl (C=O) groups is 1. The summed E-state index contributed by atoms with van der Waals surface area (Å²) in [5.74, 6) is 1.20. The molecule has 30 heavy (non-hydrogen) atoms. The maximum Gasteiger partial charge on any atom is 0.223 e. The van der Waals surface area contributed by atoms with E-state index in [-0.39, 0.29) is 11.8 Å². The lowest BCUT2D eigenvalue weighted by Gasteiger charge is -2.21. The van der Waals surface area contributed by atoms with Gasteiger partial charge in [-0.15, -0.1) is 0 Å². The van der Waals surface area contributed by atoms with Crippen LogP contribution >= 0.6 is 0 Å². The van der Waals surface area contributed by atoms with Crippen molar-refractivity contribution in [2.75, 3.05) is 26.2 Å². The molecule has 1 aliphatic carbocycles. The van der Waals surface area contributed by atoms with Crippen LogP contribution in [-0.4, -0.2) is 47.8 Å². The fourth-order valence-electron chi connectivity index (χ4n) is 3.75. The van der Waals surface area contributed by atoms with E-state index >= 15 is 0 Å². The Morgan fingerprint density at radius 3 is 2.57 bits per heavy atom. The summed E-state index contributed by atoms with van der Waals surface area (Å²) in [7, 11) is 0. The topological polar surface area (TPSA) is 83.3 Å². The average molecular weight is 411 g/mol. The molecule has 0 radical (unpaired) electrons. The molecule has 1 amide bonds. The van der Waals surface area contributed by atoms with Crippen molar-refractivity contribution in [3.8, 4) is 5.69 Å². The highest BCUT2D eigenvalue weighted by molar-refractivity contribution is 5.80. The maximum absolute atomic E-state index is 12.2. The quantitative estimate of drug-likeness (QED) is 0.337. The Kier molecular flexibility index (Phi) is 8.75. The van der Waals surface area contributed by atoms with E-state index < -0.39 is 0 Å². The van der Waals surface area contributed by atoms with Gasteiger partial charge < -0.3 is 16.0 Å². The van der Waals surface area contributed by atoms with Gasteiger partial charge in [0.15, 0.2) is 5.96 Å². The van der Waals surface area contributed by atoms with Gasteiger partial charge in [-0.2, -0.15) is 5.10 Å². The molecule has 0 atom stereocenters. The molecule has 3 N–H and O–H groups in total. The van der Waals surface area contributed by atoms with Crippen LogP contribution in [0.4, 0.5) is 0 Å². The van der Waals surface area contributed by atoms with Crippen LogP contribution in [0.5, 0.6) is 0 Å². The smallest absolute Gasteiger partial charge is 0.223 e. The Bertz CT molecular complexity index is 779. The molecule has 7 heteroatoms. The third kappa shape index (κ3) is 6.90. The zero-order valence-electron chi connectivity index (χ0n) is 17.9. The molecule has 1 aromatic carbocycles. The highest BCUT2D eigenvalue weighted by Crippen LogP contribution is 2.23. The van der Waals surface area contributed by atoms with Crippen molar-refractivity contribution in [1.29, 1.82) is 0 Å². The Morgan fingerprint density at radius 2 is 1.87 bits per heavy atom. The highest BCUT2D eigenvalue weighted by Gasteiger charge is 2.20. The number of nitrogens with zero attached hydrogens (tertiary/aromatic N) is 3. The molecule has 162 valence electrons. The van der Waals surface area contributed by atoms with E-state index in [1.165, 1.54) is 24.8 Å². The van der Waals surface area contributed by atoms with Crippen LogP contribution in [0.1, 0.15) is 44.6 Å². The number of hydrogen-bond donors (Lipinski definition) is 3. The number of benzene rings is 1. The van der Waals surface area contributed by atoms with Gasteiger partial charge in [-0.1, -0.05) is 31.4 Å². The summed E-state index contributed by atoms with van der Waals surface area (Å²) >= 11 is 0. The monoisotopic (exact) mass is 410 g/mol. The number of nitrogens with one attached hydrogen (secondary N) is 3. The van der Waals surface area contributed by atoms with Crippen LogP contribution in [0.2, 0.25) is 0 Å². The van der Waals surface area contributed by atoms with Crippen molar-refractivity contribution in [3.63, 3.8) is 0 Å². The molecule has 0 bridgehead atoms. The molecule has 1 fully saturated rings. The normalized spacial score (nSPS) is 15.0. The van der Waals surface area contributed by atoms with Gasteiger partial charge in [0.1, 0.15) is 0 Å². The Morgan fingerprint density at radius 1 is 1.10 bits per heavy atom. The van der Waals surface area contributed by atoms with Gasteiger partial charge in [0.05, 0.1) is 5.69 Å². The van der Waals surface area contributed by atoms with Crippen molar-refractivity contribution in [3.05, 3.63) is 48.3 Å². The number of hydrogen-bond acceptors (Lipinski definition) is 3. The first-order chi connectivity index (χ1) is 14.8. The first-order valence-electron chi connectivity index (χ1n) is 11.1. The number of rotatable bonds is 9. The van der Waals surface area contributed by atoms with Crippen molar-refractivity contribution in [2.24, 2.45) is 10.9 Å². The predicted molar refractivity (Wildman–Crippen MR) is 121 cm³/mol. The molecule has 0 unspecified atom stereocenters. The Hall–Kier alpha value is -2.83. The summed E-state index contributed by atoms with van der Waals surface area (Å²) in [6, 6.07) is 10.3. The second kappa shape index (κ2) is 12.0. The van der Waals surface area contributed by atoms with Gasteiger partial charge >= 0.3 is 0 Å². The zero-order valence-corrected chi connectivity index (χ0v) is 17.9. The zero-order chi connectivity index (χ0) is 21.0. The van der Waals surface area contributed by atoms with Crippen LogP contribution in [0.25, 0.3) is 5.69 Å². The number of amides is 1. The van der Waals surface area contributed by atoms with Gasteiger partial charge in [-0.05, 0) is 49.9 Å². The Balaban J connectivity index is 1.38. The minimum absolute atomic E-state index is 0.206. The molecular weight excluding hydrogens is 376 g/mol. The molecule has 2 aromatic rings. The van der Waals surface area contributed by atoms with E-state index in [1.807, 2.05) is 16.9 Å². The summed E-state index contributed by atoms with van der Waals surface area (Å²) in [6.45, 7) is 4.84. The molecule has 1 saturated carbocycles. The first kappa shape index (κ1) is 21.9. The molecule has 1 aliphatic rings. The van der Waals surface area contributed by atoms with Gasteiger partial charge in [-0.3, -0.25) is 9.79 Å². The van der Waals surface area contributed by atoms with Crippen molar-refractivity contribution < 1.29 is 4.79 Å². The van der Waals surface area contributed by atoms with Crippen molar-refractivity contribution in [2.45, 2.75) is 45.4 Å². The second-order valence-electron chi connectivity index (χ2n) is 7.68. The van der Waals surface area contributed by atoms with Crippen molar-refractivity contribution >= 4 is 11.9 Å². The number of guanidine groups is 1. The van der Waals surface area contributed by atoms with Gasteiger partial charge in [-0.25, -0.2) is 4.68 Å². The van der Waals surface area contributed by atoms with E-state index in [0.29, 0.717) is 19.6 Å². The van der Waals surface area contributed by atoms with Crippen LogP contribution in [0, 0.1) is 5.92 Å². The summed E-state index contributed by atoms with van der Waals surface area (Å²) in [6.07, 6.45) is 10.3. The molecular formula is C23H34N6O. The minimum Gasteiger partial charge on any atom is -0.357 e. The van der Waals surface area contributed by atoms with E-state index in [9.17, 15) is 4.79 Å². The van der Waals surface area contributed by atoms with Crippen LogP contribution < -0.4 is 16.0 Å². The maximum atomic E-state index is 12.2. The van der Waals surface area contributed by atoms with Crippen molar-refractivity contribution in [1.82, 2.24) is 25.7 Å². The number of aromatic nitrogens is 2. The fourth-order valence-corrected chi connectivity index (χ4v) is 3.75. The minimum atomic E-state index is 0.206. The standard InChI is InChI=1S/C23H34N6O/c1-2-24-23(27-17-16-25-22(30)20-7-4-3-5-8-20)26-15-13-19-9-11-21(12-10-19)29-18-6-14-28-29/h6,9-12,14,18,20H,2-5,7-8,13,15-17H2,1H3,(H,25,30)(H2,24,26,27). The Labute approximate surface area is 179 Å². The predicted octanol–water partition coefficient (Wildman–Crippen LogP) is 2.67. The van der Waals surface area contributed by atoms with E-state index in [1.54, 1.807) is 6.20 Å². The first-order valence-corrected chi connectivity index (χ1v) is 11.1. The summed E-state index contributed by atoms with van der Waals surface area (Å²) < 4.78 is 1.85. The SMILES string of the molecule is CCNC(=NCCc1ccc(-n2cccn2)cc1)NCCNC(=O)C1CCCCC1. The van der Waals surface area contributed by atoms with E-state index in [0.717, 1.165) is 37.5 Å². The third-order valence-electron chi connectivity index (χ3n) is 5.41. The lowest BCUT2D eigenvalue weighted by Crippen LogP contribution is -2.42. The van der Waals surface area contributed by atoms with Crippen LogP contribution in [0.3, 0.4) is 0 Å². The van der Waals surface area contributed by atoms with Gasteiger partial charge in [0.25, 0.3) is 0 Å². The average Bonchev–Trinajstić information content (AvgIpc) is 3.32. The number of carbonyl (C=O) groups excluding carboxylic acids is 1. The summed E-state index contributed by atoms with van der Waals surface area (Å²) in [5, 5.41) is 13.9. The van der Waals surface area contributed by atoms with Gasteiger partial charge in [0, 0.05) is 44.5 Å². The van der Waals surface area contributed by atoms with Crippen LogP contribution in [0.15, 0.2) is 47.7 Å². The molecule has 3 rings (SSSR count).